The van der Waals surface area contributed by atoms with Crippen molar-refractivity contribution >= 4 is 5.78 Å². The molecule has 0 heterocycles. The Labute approximate surface area is 138 Å². The number of rotatable bonds is 6. The van der Waals surface area contributed by atoms with Crippen LogP contribution in [0.25, 0.3) is 0 Å². The molecule has 118 valence electrons. The van der Waals surface area contributed by atoms with Gasteiger partial charge in [0.15, 0.2) is 5.78 Å². The highest BCUT2D eigenvalue weighted by molar-refractivity contribution is 6.10. The number of carbonyl (C=O) groups excluding carboxylic acids is 1. The first-order valence-corrected chi connectivity index (χ1v) is 7.21. The average molecular weight is 320 g/mol. The topological polar surface area (TPSA) is 30.7 Å². The van der Waals surface area contributed by atoms with E-state index in [1.807, 2.05) is 54.6 Å². The summed E-state index contributed by atoms with van der Waals surface area (Å²) >= 11 is 0. The van der Waals surface area contributed by atoms with Crippen LogP contribution in [0.5, 0.6) is 5.75 Å². The molecule has 1 unspecified atom stereocenters. The van der Waals surface area contributed by atoms with Gasteiger partial charge < -0.3 is 22.0 Å². The minimum Gasteiger partial charge on any atom is -1.00 e. The predicted molar refractivity (Wildman–Crippen MR) is 84.1 cm³/mol. The molecular formula is C18H22ClNO2. The van der Waals surface area contributed by atoms with Crippen molar-refractivity contribution in [1.82, 2.24) is 0 Å². The minimum absolute atomic E-state index is 0. The van der Waals surface area contributed by atoms with Crippen LogP contribution >= 0.6 is 0 Å². The van der Waals surface area contributed by atoms with Crippen molar-refractivity contribution in [1.29, 1.82) is 0 Å². The molecule has 2 rings (SSSR count). The van der Waals surface area contributed by atoms with E-state index in [2.05, 4.69) is 21.0 Å². The van der Waals surface area contributed by atoms with Crippen LogP contribution in [0, 0.1) is 0 Å². The van der Waals surface area contributed by atoms with Crippen LogP contribution in [0.1, 0.15) is 22.8 Å². The maximum absolute atomic E-state index is 12.6. The van der Waals surface area contributed by atoms with Gasteiger partial charge in [-0.1, -0.05) is 42.5 Å². The van der Waals surface area contributed by atoms with Gasteiger partial charge in [0.1, 0.15) is 18.4 Å². The first-order valence-electron chi connectivity index (χ1n) is 7.21. The van der Waals surface area contributed by atoms with E-state index >= 15 is 0 Å². The summed E-state index contributed by atoms with van der Waals surface area (Å²) < 4.78 is 5.86. The van der Waals surface area contributed by atoms with Crippen LogP contribution in [-0.2, 0) is 0 Å². The van der Waals surface area contributed by atoms with E-state index in [4.69, 9.17) is 4.74 Å². The van der Waals surface area contributed by atoms with Crippen LogP contribution in [-0.4, -0.2) is 32.5 Å². The Hall–Kier alpha value is -1.84. The molecule has 4 heteroatoms. The summed E-state index contributed by atoms with van der Waals surface area (Å²) in [5.41, 5.74) is 1.30. The smallest absolute Gasteiger partial charge is 0.196 e. The SMILES string of the molecule is CC(COc1ccccc1C(=O)c1ccccc1)[NH+](C)C.[Cl-]. The number of hydrogen-bond donors (Lipinski definition) is 1. The molecule has 1 N–H and O–H groups in total. The summed E-state index contributed by atoms with van der Waals surface area (Å²) in [6, 6.07) is 17.1. The second-order valence-corrected chi connectivity index (χ2v) is 5.48. The standard InChI is InChI=1S/C18H21NO2.ClH/c1-14(19(2)3)13-21-17-12-8-7-11-16(17)18(20)15-9-5-4-6-10-15;/h4-12,14H,13H2,1-3H3;1H. The van der Waals surface area contributed by atoms with Crippen LogP contribution in [0.2, 0.25) is 0 Å². The zero-order valence-corrected chi connectivity index (χ0v) is 13.9. The molecule has 0 fully saturated rings. The van der Waals surface area contributed by atoms with E-state index in [1.165, 1.54) is 4.90 Å². The molecule has 0 saturated heterocycles. The van der Waals surface area contributed by atoms with Crippen molar-refractivity contribution in [2.45, 2.75) is 13.0 Å². The number of nitrogens with one attached hydrogen (secondary N) is 1. The van der Waals surface area contributed by atoms with Gasteiger partial charge in [0, 0.05) is 5.56 Å². The zero-order chi connectivity index (χ0) is 15.2. The summed E-state index contributed by atoms with van der Waals surface area (Å²) in [6.07, 6.45) is 0. The average Bonchev–Trinajstić information content (AvgIpc) is 2.53. The zero-order valence-electron chi connectivity index (χ0n) is 13.2. The lowest BCUT2D eigenvalue weighted by atomic mass is 10.0. The van der Waals surface area contributed by atoms with Gasteiger partial charge in [-0.25, -0.2) is 0 Å². The fourth-order valence-electron chi connectivity index (χ4n) is 1.91. The van der Waals surface area contributed by atoms with Gasteiger partial charge in [-0.15, -0.1) is 0 Å². The highest BCUT2D eigenvalue weighted by Crippen LogP contribution is 2.21. The molecule has 0 aliphatic rings. The molecule has 0 bridgehead atoms. The number of para-hydroxylation sites is 1. The highest BCUT2D eigenvalue weighted by Gasteiger charge is 2.16. The number of halogens is 1. The summed E-state index contributed by atoms with van der Waals surface area (Å²) in [7, 11) is 4.18. The van der Waals surface area contributed by atoms with Crippen LogP contribution < -0.4 is 22.0 Å². The Balaban J connectivity index is 0.00000242. The second kappa shape index (κ2) is 8.57. The Kier molecular flexibility index (Phi) is 7.09. The van der Waals surface area contributed by atoms with Crippen molar-refractivity contribution in [2.24, 2.45) is 0 Å². The van der Waals surface area contributed by atoms with Crippen molar-refractivity contribution in [3.63, 3.8) is 0 Å². The van der Waals surface area contributed by atoms with Gasteiger partial charge in [-0.05, 0) is 19.1 Å². The monoisotopic (exact) mass is 319 g/mol. The number of ether oxygens (including phenoxy) is 1. The maximum atomic E-state index is 12.6. The summed E-state index contributed by atoms with van der Waals surface area (Å²) in [4.78, 5) is 13.9. The molecule has 3 nitrogen and oxygen atoms in total. The number of quaternary nitrogens is 1. The first kappa shape index (κ1) is 18.2. The number of ketones is 1. The van der Waals surface area contributed by atoms with Gasteiger partial charge in [0.25, 0.3) is 0 Å². The fourth-order valence-corrected chi connectivity index (χ4v) is 1.91. The molecule has 0 spiro atoms. The van der Waals surface area contributed by atoms with E-state index in [-0.39, 0.29) is 18.2 Å². The number of carbonyl (C=O) groups is 1. The largest absolute Gasteiger partial charge is 1.00 e. The minimum atomic E-state index is -0.00365. The fraction of sp³-hybridized carbons (Fsp3) is 0.278. The van der Waals surface area contributed by atoms with Gasteiger partial charge in [0.2, 0.25) is 0 Å². The lowest BCUT2D eigenvalue weighted by molar-refractivity contribution is -0.883. The molecule has 0 saturated carbocycles. The normalized spacial score (nSPS) is 11.6. The lowest BCUT2D eigenvalue weighted by Gasteiger charge is -2.18. The Morgan fingerprint density at radius 2 is 1.64 bits per heavy atom. The summed E-state index contributed by atoms with van der Waals surface area (Å²) in [6.45, 7) is 2.71. The van der Waals surface area contributed by atoms with Crippen LogP contribution in [0.15, 0.2) is 54.6 Å². The molecule has 0 aliphatic carbocycles. The molecule has 0 radical (unpaired) electrons. The van der Waals surface area contributed by atoms with E-state index in [9.17, 15) is 4.79 Å². The van der Waals surface area contributed by atoms with E-state index in [1.54, 1.807) is 0 Å². The lowest BCUT2D eigenvalue weighted by Crippen LogP contribution is -3.10. The molecule has 2 aromatic carbocycles. The first-order chi connectivity index (χ1) is 10.1. The third kappa shape index (κ3) is 4.58. The van der Waals surface area contributed by atoms with E-state index in [0.29, 0.717) is 29.5 Å². The van der Waals surface area contributed by atoms with Crippen LogP contribution in [0.3, 0.4) is 0 Å². The van der Waals surface area contributed by atoms with Crippen LogP contribution in [0.4, 0.5) is 0 Å². The molecule has 0 amide bonds. The quantitative estimate of drug-likeness (QED) is 0.681. The predicted octanol–water partition coefficient (Wildman–Crippen LogP) is -1.17. The maximum Gasteiger partial charge on any atom is 0.196 e. The molecule has 0 aliphatic heterocycles. The van der Waals surface area contributed by atoms with E-state index in [0.717, 1.165) is 0 Å². The van der Waals surface area contributed by atoms with Crippen molar-refractivity contribution in [3.05, 3.63) is 65.7 Å². The number of benzene rings is 2. The van der Waals surface area contributed by atoms with Gasteiger partial charge in [-0.3, -0.25) is 4.79 Å². The number of hydrogen-bond acceptors (Lipinski definition) is 2. The third-order valence-electron chi connectivity index (χ3n) is 3.64. The molecule has 0 aromatic heterocycles. The Morgan fingerprint density at radius 3 is 2.27 bits per heavy atom. The van der Waals surface area contributed by atoms with Crippen molar-refractivity contribution in [3.8, 4) is 5.75 Å². The molecule has 1 atom stereocenters. The highest BCUT2D eigenvalue weighted by atomic mass is 35.5. The van der Waals surface area contributed by atoms with Crippen molar-refractivity contribution in [2.75, 3.05) is 20.7 Å². The Morgan fingerprint density at radius 1 is 1.05 bits per heavy atom. The van der Waals surface area contributed by atoms with Gasteiger partial charge in [-0.2, -0.15) is 0 Å². The molecule has 22 heavy (non-hydrogen) atoms. The van der Waals surface area contributed by atoms with Gasteiger partial charge >= 0.3 is 0 Å². The second-order valence-electron chi connectivity index (χ2n) is 5.48. The summed E-state index contributed by atoms with van der Waals surface area (Å²) in [5.74, 6) is 0.649. The molecule has 2 aromatic rings. The number of likely N-dealkylation sites (N-methyl/N-ethyl adjacent to an activating group) is 1. The summed E-state index contributed by atoms with van der Waals surface area (Å²) in [5, 5.41) is 0. The van der Waals surface area contributed by atoms with Gasteiger partial charge in [0.05, 0.1) is 19.7 Å². The Bertz CT molecular complexity index is 599. The third-order valence-corrected chi connectivity index (χ3v) is 3.64. The molecular weight excluding hydrogens is 298 g/mol. The van der Waals surface area contributed by atoms with Crippen molar-refractivity contribution < 1.29 is 26.8 Å². The van der Waals surface area contributed by atoms with E-state index < -0.39 is 0 Å².